The third-order valence-corrected chi connectivity index (χ3v) is 4.12. The maximum absolute atomic E-state index is 8.35. The van der Waals surface area contributed by atoms with Crippen LogP contribution in [0.4, 0.5) is 0 Å². The van der Waals surface area contributed by atoms with Gasteiger partial charge < -0.3 is 0 Å². The van der Waals surface area contributed by atoms with Crippen LogP contribution in [0.2, 0.25) is 0 Å². The van der Waals surface area contributed by atoms with Gasteiger partial charge in [0.25, 0.3) is 0 Å². The van der Waals surface area contributed by atoms with Crippen LogP contribution in [0, 0.1) is 33.5 Å². The second-order valence-electron chi connectivity index (χ2n) is 5.65. The van der Waals surface area contributed by atoms with Crippen molar-refractivity contribution in [2.24, 2.45) is 11.8 Å². The van der Waals surface area contributed by atoms with Gasteiger partial charge in [-0.25, -0.2) is 40.8 Å². The van der Waals surface area contributed by atoms with Gasteiger partial charge in [-0.05, 0) is 18.3 Å². The fourth-order valence-electron chi connectivity index (χ4n) is 3.32. The molecule has 2 saturated carbocycles. The molecule has 2 aliphatic carbocycles. The zero-order chi connectivity index (χ0) is 19.8. The largest absolute Gasteiger partial charge is 0.231 e. The van der Waals surface area contributed by atoms with Crippen LogP contribution in [0.15, 0.2) is 0 Å². The van der Waals surface area contributed by atoms with E-state index in [0.29, 0.717) is 0 Å². The van der Waals surface area contributed by atoms with Gasteiger partial charge in [0, 0.05) is 0 Å². The molecule has 2 aliphatic rings. The smallest absolute Gasteiger partial charge is 0.222 e. The van der Waals surface area contributed by atoms with Crippen LogP contribution >= 0.6 is 0 Å². The average Bonchev–Trinajstić information content (AvgIpc) is 2.60. The van der Waals surface area contributed by atoms with Gasteiger partial charge in [0.15, 0.2) is 0 Å². The Balaban J connectivity index is -0.000000337. The Hall–Kier alpha value is -2.48. The molecule has 8 heteroatoms. The molecule has 0 aromatic carbocycles. The molecular formula is C17H28N4O4. The molecule has 8 nitrogen and oxygen atoms in total. The standard InChI is InChI=1S/C13H24.4CHNO/c1-3-7-12(8-4-1)11-13-9-5-2-6-10-13;4*2-1-3/h12-13H,1-11H2;4*2H. The van der Waals surface area contributed by atoms with E-state index in [1.54, 1.807) is 32.1 Å². The molecule has 0 aromatic heterocycles. The van der Waals surface area contributed by atoms with Gasteiger partial charge in [-0.3, -0.25) is 0 Å². The van der Waals surface area contributed by atoms with Gasteiger partial charge in [-0.1, -0.05) is 64.2 Å². The highest BCUT2D eigenvalue weighted by Gasteiger charge is 2.20. The second kappa shape index (κ2) is 26.4. The molecule has 0 heterocycles. The Morgan fingerprint density at radius 3 is 0.920 bits per heavy atom. The summed E-state index contributed by atoms with van der Waals surface area (Å²) in [5, 5.41) is 21.6. The number of hydrogen-bond donors (Lipinski definition) is 4. The summed E-state index contributed by atoms with van der Waals surface area (Å²) < 4.78 is 0. The molecule has 0 aliphatic heterocycles. The van der Waals surface area contributed by atoms with E-state index in [1.807, 2.05) is 0 Å². The molecule has 4 N–H and O–H groups in total. The van der Waals surface area contributed by atoms with Gasteiger partial charge in [-0.15, -0.1) is 0 Å². The Labute approximate surface area is 148 Å². The van der Waals surface area contributed by atoms with E-state index >= 15 is 0 Å². The minimum absolute atomic E-state index is 0.750. The number of hydrogen-bond acceptors (Lipinski definition) is 8. The van der Waals surface area contributed by atoms with E-state index in [9.17, 15) is 0 Å². The monoisotopic (exact) mass is 352 g/mol. The van der Waals surface area contributed by atoms with E-state index < -0.39 is 0 Å². The summed E-state index contributed by atoms with van der Waals surface area (Å²) in [5.41, 5.74) is 0. The van der Waals surface area contributed by atoms with E-state index in [4.69, 9.17) is 40.8 Å². The van der Waals surface area contributed by atoms with Crippen LogP contribution in [0.1, 0.15) is 70.6 Å². The van der Waals surface area contributed by atoms with Crippen LogP contribution in [-0.4, -0.2) is 24.3 Å². The lowest BCUT2D eigenvalue weighted by molar-refractivity contribution is 0.244. The highest BCUT2D eigenvalue weighted by atomic mass is 16.1. The molecule has 2 rings (SSSR count). The fraction of sp³-hybridized carbons (Fsp3) is 0.765. The first-order valence-corrected chi connectivity index (χ1v) is 8.27. The van der Waals surface area contributed by atoms with Crippen LogP contribution < -0.4 is 0 Å². The van der Waals surface area contributed by atoms with E-state index in [2.05, 4.69) is 0 Å². The number of rotatable bonds is 2. The zero-order valence-electron chi connectivity index (χ0n) is 14.6. The second-order valence-corrected chi connectivity index (χ2v) is 5.65. The minimum atomic E-state index is 0.750. The van der Waals surface area contributed by atoms with E-state index in [1.165, 1.54) is 38.5 Å². The van der Waals surface area contributed by atoms with Crippen LogP contribution in [0.3, 0.4) is 0 Å². The van der Waals surface area contributed by atoms with E-state index in [0.717, 1.165) is 36.2 Å². The molecular weight excluding hydrogens is 324 g/mol. The average molecular weight is 352 g/mol. The summed E-state index contributed by atoms with van der Waals surface area (Å²) in [6.45, 7) is 0. The van der Waals surface area contributed by atoms with E-state index in [-0.39, 0.29) is 0 Å². The lowest BCUT2D eigenvalue weighted by Crippen LogP contribution is -2.14. The molecule has 0 saturated heterocycles. The molecule has 25 heavy (non-hydrogen) atoms. The highest BCUT2D eigenvalue weighted by Crippen LogP contribution is 2.34. The number of carbonyl (C=O) groups excluding carboxylic acids is 4. The van der Waals surface area contributed by atoms with Crippen molar-refractivity contribution in [2.75, 3.05) is 0 Å². The number of isocyanates is 4. The Morgan fingerprint density at radius 1 is 0.520 bits per heavy atom. The first-order valence-electron chi connectivity index (χ1n) is 8.27. The van der Waals surface area contributed by atoms with Gasteiger partial charge in [-0.2, -0.15) is 0 Å². The van der Waals surface area contributed by atoms with Crippen LogP contribution in [-0.2, 0) is 19.2 Å². The highest BCUT2D eigenvalue weighted by molar-refractivity contribution is 5.26. The lowest BCUT2D eigenvalue weighted by atomic mass is 9.78. The lowest BCUT2D eigenvalue weighted by Gasteiger charge is -2.28. The summed E-state index contributed by atoms with van der Waals surface area (Å²) >= 11 is 0. The third kappa shape index (κ3) is 26.7. The predicted octanol–water partition coefficient (Wildman–Crippen LogP) is 4.14. The molecule has 0 atom stereocenters. The molecule has 140 valence electrons. The summed E-state index contributed by atoms with van der Waals surface area (Å²) in [6, 6.07) is 0. The Morgan fingerprint density at radius 2 is 0.720 bits per heavy atom. The van der Waals surface area contributed by atoms with Gasteiger partial charge in [0.05, 0.1) is 0 Å². The summed E-state index contributed by atoms with van der Waals surface area (Å²) in [7, 11) is 0. The van der Waals surface area contributed by atoms with Crippen molar-refractivity contribution in [3.8, 4) is 0 Å². The van der Waals surface area contributed by atoms with Crippen molar-refractivity contribution >= 4 is 24.3 Å². The van der Waals surface area contributed by atoms with Crippen LogP contribution in [0.5, 0.6) is 0 Å². The Kier molecular flexibility index (Phi) is 28.9. The zero-order valence-corrected chi connectivity index (χ0v) is 14.6. The summed E-state index contributed by atoms with van der Waals surface area (Å²) in [6.07, 6.45) is 19.9. The van der Waals surface area contributed by atoms with Crippen molar-refractivity contribution in [1.82, 2.24) is 0 Å². The van der Waals surface area contributed by atoms with Crippen LogP contribution in [0.25, 0.3) is 0 Å². The fourth-order valence-corrected chi connectivity index (χ4v) is 3.32. The molecule has 2 fully saturated rings. The molecule has 0 amide bonds. The first kappa shape index (κ1) is 27.4. The number of nitrogens with one attached hydrogen (secondary N) is 4. The molecule has 0 unspecified atom stereocenters. The SMILES string of the molecule is C1CCC(CC2CCCCC2)CC1.N=C=O.N=C=O.N=C=O.N=C=O. The molecule has 0 aromatic rings. The normalized spacial score (nSPS) is 15.7. The van der Waals surface area contributed by atoms with Gasteiger partial charge >= 0.3 is 0 Å². The topological polar surface area (TPSA) is 164 Å². The maximum atomic E-state index is 8.35. The van der Waals surface area contributed by atoms with Crippen molar-refractivity contribution in [3.63, 3.8) is 0 Å². The molecule has 0 radical (unpaired) electrons. The van der Waals surface area contributed by atoms with Gasteiger partial charge in [0.2, 0.25) is 24.3 Å². The quantitative estimate of drug-likeness (QED) is 0.433. The summed E-state index contributed by atoms with van der Waals surface area (Å²) in [4.78, 5) is 33.4. The van der Waals surface area contributed by atoms with Crippen molar-refractivity contribution in [3.05, 3.63) is 0 Å². The summed E-state index contributed by atoms with van der Waals surface area (Å²) in [5.74, 6) is 2.24. The maximum Gasteiger partial charge on any atom is 0.231 e. The van der Waals surface area contributed by atoms with Crippen molar-refractivity contribution < 1.29 is 19.2 Å². The molecule has 0 spiro atoms. The van der Waals surface area contributed by atoms with Crippen molar-refractivity contribution in [2.45, 2.75) is 70.6 Å². The first-order chi connectivity index (χ1) is 12.1. The van der Waals surface area contributed by atoms with Gasteiger partial charge in [0.1, 0.15) is 0 Å². The minimum Gasteiger partial charge on any atom is -0.222 e. The predicted molar refractivity (Wildman–Crippen MR) is 91.4 cm³/mol. The molecule has 0 bridgehead atoms. The Bertz CT molecular complexity index is 354. The third-order valence-electron chi connectivity index (χ3n) is 4.12. The van der Waals surface area contributed by atoms with Crippen molar-refractivity contribution in [1.29, 1.82) is 21.6 Å².